The summed E-state index contributed by atoms with van der Waals surface area (Å²) in [6.45, 7) is 8.84. The Kier molecular flexibility index (Phi) is 6.67. The smallest absolute Gasteiger partial charge is 0.260 e. The van der Waals surface area contributed by atoms with Crippen LogP contribution < -0.4 is 14.8 Å². The second kappa shape index (κ2) is 8.75. The zero-order valence-electron chi connectivity index (χ0n) is 16.3. The van der Waals surface area contributed by atoms with Crippen LogP contribution in [0.2, 0.25) is 0 Å². The number of benzene rings is 2. The van der Waals surface area contributed by atoms with Gasteiger partial charge < -0.3 is 14.8 Å². The Morgan fingerprint density at radius 2 is 1.58 bits per heavy atom. The Balaban J connectivity index is 1.79. The normalized spacial score (nSPS) is 12.3. The van der Waals surface area contributed by atoms with E-state index in [0.29, 0.717) is 12.3 Å². The van der Waals surface area contributed by atoms with Crippen LogP contribution in [0.1, 0.15) is 38.8 Å². The summed E-state index contributed by atoms with van der Waals surface area (Å²) in [5, 5.41) is 2.92. The molecule has 0 spiro atoms. The third kappa shape index (κ3) is 5.80. The van der Waals surface area contributed by atoms with Crippen molar-refractivity contribution in [2.45, 2.75) is 45.6 Å². The molecule has 0 fully saturated rings. The molecular formula is C22H29NO3. The monoisotopic (exact) mass is 355 g/mol. The van der Waals surface area contributed by atoms with E-state index in [4.69, 9.17) is 9.47 Å². The summed E-state index contributed by atoms with van der Waals surface area (Å²) in [6, 6.07) is 15.8. The fraction of sp³-hybridized carbons (Fsp3) is 0.409. The summed E-state index contributed by atoms with van der Waals surface area (Å²) < 4.78 is 10.9. The molecule has 1 amide bonds. The number of ether oxygens (including phenoxy) is 2. The van der Waals surface area contributed by atoms with Crippen molar-refractivity contribution in [3.63, 3.8) is 0 Å². The number of rotatable bonds is 7. The molecule has 0 heterocycles. The first-order chi connectivity index (χ1) is 12.3. The molecule has 2 aromatic rings. The highest BCUT2D eigenvalue weighted by Gasteiger charge is 2.16. The molecule has 2 rings (SSSR count). The van der Waals surface area contributed by atoms with E-state index < -0.39 is 6.10 Å². The van der Waals surface area contributed by atoms with Crippen LogP contribution in [0, 0.1) is 0 Å². The van der Waals surface area contributed by atoms with E-state index >= 15 is 0 Å². The van der Waals surface area contributed by atoms with Crippen LogP contribution in [0.25, 0.3) is 0 Å². The predicted octanol–water partition coefficient (Wildman–Crippen LogP) is 4.12. The van der Waals surface area contributed by atoms with Crippen LogP contribution in [0.5, 0.6) is 11.5 Å². The molecule has 2 aromatic carbocycles. The molecule has 4 heteroatoms. The molecule has 0 aliphatic rings. The van der Waals surface area contributed by atoms with Crippen molar-refractivity contribution in [2.75, 3.05) is 13.7 Å². The lowest BCUT2D eigenvalue weighted by molar-refractivity contribution is -0.127. The van der Waals surface area contributed by atoms with Gasteiger partial charge in [-0.25, -0.2) is 0 Å². The molecule has 1 N–H and O–H groups in total. The lowest BCUT2D eigenvalue weighted by Crippen LogP contribution is -2.37. The molecule has 26 heavy (non-hydrogen) atoms. The summed E-state index contributed by atoms with van der Waals surface area (Å²) in [5.41, 5.74) is 2.49. The summed E-state index contributed by atoms with van der Waals surface area (Å²) in [5.74, 6) is 1.42. The second-order valence-electron chi connectivity index (χ2n) is 7.42. The largest absolute Gasteiger partial charge is 0.497 e. The molecule has 1 atom stereocenters. The van der Waals surface area contributed by atoms with Crippen molar-refractivity contribution in [3.8, 4) is 11.5 Å². The second-order valence-corrected chi connectivity index (χ2v) is 7.42. The molecule has 0 saturated heterocycles. The molecule has 0 aliphatic heterocycles. The highest BCUT2D eigenvalue weighted by Crippen LogP contribution is 2.24. The molecule has 0 unspecified atom stereocenters. The molecule has 0 aromatic heterocycles. The molecule has 140 valence electrons. The summed E-state index contributed by atoms with van der Waals surface area (Å²) >= 11 is 0. The van der Waals surface area contributed by atoms with Gasteiger partial charge in [-0.15, -0.1) is 0 Å². The van der Waals surface area contributed by atoms with Gasteiger partial charge in [0, 0.05) is 6.54 Å². The zero-order valence-corrected chi connectivity index (χ0v) is 16.3. The van der Waals surface area contributed by atoms with E-state index in [-0.39, 0.29) is 11.3 Å². The van der Waals surface area contributed by atoms with Crippen molar-refractivity contribution < 1.29 is 14.3 Å². The third-order valence-electron chi connectivity index (χ3n) is 4.27. The average molecular weight is 355 g/mol. The fourth-order valence-electron chi connectivity index (χ4n) is 2.56. The van der Waals surface area contributed by atoms with Crippen LogP contribution in [0.4, 0.5) is 0 Å². The van der Waals surface area contributed by atoms with Gasteiger partial charge in [-0.05, 0) is 54.2 Å². The third-order valence-corrected chi connectivity index (χ3v) is 4.27. The number of nitrogens with one attached hydrogen (secondary N) is 1. The molecule has 0 saturated carbocycles. The Morgan fingerprint density at radius 1 is 1.00 bits per heavy atom. The first-order valence-corrected chi connectivity index (χ1v) is 8.97. The number of hydrogen-bond donors (Lipinski definition) is 1. The summed E-state index contributed by atoms with van der Waals surface area (Å²) in [7, 11) is 1.65. The molecule has 0 radical (unpaired) electrons. The minimum atomic E-state index is -0.536. The fourth-order valence-corrected chi connectivity index (χ4v) is 2.56. The van der Waals surface area contributed by atoms with Crippen LogP contribution >= 0.6 is 0 Å². The van der Waals surface area contributed by atoms with E-state index in [1.807, 2.05) is 48.5 Å². The van der Waals surface area contributed by atoms with Gasteiger partial charge in [0.25, 0.3) is 5.91 Å². The van der Waals surface area contributed by atoms with E-state index in [9.17, 15) is 4.79 Å². The average Bonchev–Trinajstić information content (AvgIpc) is 2.62. The topological polar surface area (TPSA) is 47.6 Å². The highest BCUT2D eigenvalue weighted by molar-refractivity contribution is 5.80. The molecule has 4 nitrogen and oxygen atoms in total. The zero-order chi connectivity index (χ0) is 19.2. The molecular weight excluding hydrogens is 326 g/mol. The predicted molar refractivity (Wildman–Crippen MR) is 105 cm³/mol. The van der Waals surface area contributed by atoms with Crippen LogP contribution in [0.3, 0.4) is 0 Å². The maximum Gasteiger partial charge on any atom is 0.260 e. The van der Waals surface area contributed by atoms with E-state index in [1.165, 1.54) is 5.56 Å². The molecule has 0 bridgehead atoms. The van der Waals surface area contributed by atoms with Crippen LogP contribution in [-0.2, 0) is 16.6 Å². The van der Waals surface area contributed by atoms with E-state index in [2.05, 4.69) is 26.1 Å². The maximum atomic E-state index is 12.2. The molecule has 0 aliphatic carbocycles. The van der Waals surface area contributed by atoms with Crippen LogP contribution in [-0.4, -0.2) is 25.7 Å². The van der Waals surface area contributed by atoms with Gasteiger partial charge in [0.1, 0.15) is 11.5 Å². The van der Waals surface area contributed by atoms with E-state index in [1.54, 1.807) is 14.0 Å². The summed E-state index contributed by atoms with van der Waals surface area (Å²) in [4.78, 5) is 12.2. The quantitative estimate of drug-likeness (QED) is 0.813. The van der Waals surface area contributed by atoms with Gasteiger partial charge in [-0.3, -0.25) is 4.79 Å². The minimum absolute atomic E-state index is 0.100. The van der Waals surface area contributed by atoms with Gasteiger partial charge in [0.15, 0.2) is 6.10 Å². The van der Waals surface area contributed by atoms with Crippen molar-refractivity contribution >= 4 is 5.91 Å². The number of carbonyl (C=O) groups is 1. The van der Waals surface area contributed by atoms with Crippen molar-refractivity contribution in [3.05, 3.63) is 59.7 Å². The SMILES string of the molecule is COc1ccc(CCNC(=O)[C@@H](C)Oc2ccc(C(C)(C)C)cc2)cc1. The van der Waals surface area contributed by atoms with Crippen LogP contribution in [0.15, 0.2) is 48.5 Å². The first kappa shape index (κ1) is 19.8. The van der Waals surface area contributed by atoms with Crippen molar-refractivity contribution in [2.24, 2.45) is 0 Å². The van der Waals surface area contributed by atoms with Gasteiger partial charge in [-0.2, -0.15) is 0 Å². The minimum Gasteiger partial charge on any atom is -0.497 e. The van der Waals surface area contributed by atoms with Crippen molar-refractivity contribution in [1.29, 1.82) is 0 Å². The lowest BCUT2D eigenvalue weighted by atomic mass is 9.87. The number of carbonyl (C=O) groups excluding carboxylic acids is 1. The Hall–Kier alpha value is -2.49. The Bertz CT molecular complexity index is 700. The first-order valence-electron chi connectivity index (χ1n) is 8.97. The number of amides is 1. The standard InChI is InChI=1S/C22H29NO3/c1-16(26-20-12-8-18(9-13-20)22(2,3)4)21(24)23-15-14-17-6-10-19(25-5)11-7-17/h6-13,16H,14-15H2,1-5H3,(H,23,24)/t16-/m1/s1. The maximum absolute atomic E-state index is 12.2. The lowest BCUT2D eigenvalue weighted by Gasteiger charge is -2.20. The van der Waals surface area contributed by atoms with Crippen molar-refractivity contribution in [1.82, 2.24) is 5.32 Å². The van der Waals surface area contributed by atoms with Gasteiger partial charge in [-0.1, -0.05) is 45.0 Å². The Labute approximate surface area is 156 Å². The van der Waals surface area contributed by atoms with Gasteiger partial charge in [0.05, 0.1) is 7.11 Å². The Morgan fingerprint density at radius 3 is 2.12 bits per heavy atom. The number of methoxy groups -OCH3 is 1. The highest BCUT2D eigenvalue weighted by atomic mass is 16.5. The van der Waals surface area contributed by atoms with Gasteiger partial charge in [0.2, 0.25) is 0 Å². The van der Waals surface area contributed by atoms with E-state index in [0.717, 1.165) is 17.7 Å². The van der Waals surface area contributed by atoms with Gasteiger partial charge >= 0.3 is 0 Å². The summed E-state index contributed by atoms with van der Waals surface area (Å²) in [6.07, 6.45) is 0.231. The number of hydrogen-bond acceptors (Lipinski definition) is 3.